The molecule has 0 aliphatic carbocycles. The number of aliphatic imine (C=N–C) groups is 2. The van der Waals surface area contributed by atoms with Gasteiger partial charge in [0.2, 0.25) is 0 Å². The zero-order valence-corrected chi connectivity index (χ0v) is 31.0. The van der Waals surface area contributed by atoms with E-state index < -0.39 is 24.7 Å². The number of hydrogen-bond donors (Lipinski definition) is 4. The van der Waals surface area contributed by atoms with Gasteiger partial charge in [-0.3, -0.25) is 10.6 Å². The second-order valence-corrected chi connectivity index (χ2v) is 15.2. The minimum absolute atomic E-state index is 0.325. The molecular formula is C48H37FN6S. The first-order valence-corrected chi connectivity index (χ1v) is 19.6. The predicted molar refractivity (Wildman–Crippen MR) is 227 cm³/mol. The second kappa shape index (κ2) is 14.7. The molecule has 10 rings (SSSR count). The van der Waals surface area contributed by atoms with Gasteiger partial charge in [0, 0.05) is 42.4 Å². The minimum atomic E-state index is -0.615. The summed E-state index contributed by atoms with van der Waals surface area (Å²) < 4.78 is 20.2. The molecule has 0 fully saturated rings. The van der Waals surface area contributed by atoms with Crippen LogP contribution in [0.2, 0.25) is 0 Å². The smallest absolute Gasteiger partial charge is 0.136 e. The Morgan fingerprint density at radius 1 is 0.429 bits per heavy atom. The van der Waals surface area contributed by atoms with E-state index in [1.807, 2.05) is 109 Å². The Labute approximate surface area is 328 Å². The Balaban J connectivity index is 1.13. The molecule has 56 heavy (non-hydrogen) atoms. The maximum atomic E-state index is 17.8. The van der Waals surface area contributed by atoms with Crippen molar-refractivity contribution >= 4 is 43.2 Å². The van der Waals surface area contributed by atoms with Gasteiger partial charge in [-0.1, -0.05) is 152 Å². The first kappa shape index (κ1) is 34.1. The third kappa shape index (κ3) is 6.54. The van der Waals surface area contributed by atoms with Crippen LogP contribution in [0, 0.1) is 5.82 Å². The summed E-state index contributed by atoms with van der Waals surface area (Å²) in [6.07, 6.45) is -2.06. The summed E-state index contributed by atoms with van der Waals surface area (Å²) in [6.45, 7) is 0. The zero-order valence-electron chi connectivity index (χ0n) is 30.2. The van der Waals surface area contributed by atoms with Crippen molar-refractivity contribution in [2.45, 2.75) is 24.7 Å². The quantitative estimate of drug-likeness (QED) is 0.131. The molecule has 0 spiro atoms. The molecule has 0 saturated carbocycles. The van der Waals surface area contributed by atoms with Crippen molar-refractivity contribution in [3.05, 3.63) is 215 Å². The van der Waals surface area contributed by atoms with Crippen LogP contribution in [0.4, 0.5) is 4.39 Å². The maximum absolute atomic E-state index is 17.8. The number of halogens is 1. The molecule has 0 amide bonds. The van der Waals surface area contributed by atoms with Gasteiger partial charge in [0.25, 0.3) is 0 Å². The minimum Gasteiger partial charge on any atom is -0.350 e. The van der Waals surface area contributed by atoms with Crippen molar-refractivity contribution in [2.75, 3.05) is 0 Å². The molecule has 8 heteroatoms. The fourth-order valence-corrected chi connectivity index (χ4v) is 8.84. The van der Waals surface area contributed by atoms with Crippen molar-refractivity contribution in [3.8, 4) is 11.1 Å². The number of nitrogens with zero attached hydrogens (tertiary/aromatic N) is 2. The zero-order chi connectivity index (χ0) is 37.4. The number of nitrogens with one attached hydrogen (secondary N) is 4. The molecule has 4 unspecified atom stereocenters. The molecule has 4 N–H and O–H groups in total. The predicted octanol–water partition coefficient (Wildman–Crippen LogP) is 10.5. The molecule has 0 radical (unpaired) electrons. The third-order valence-corrected chi connectivity index (χ3v) is 11.6. The van der Waals surface area contributed by atoms with E-state index in [1.165, 1.54) is 20.2 Å². The van der Waals surface area contributed by atoms with Crippen LogP contribution in [0.3, 0.4) is 0 Å². The van der Waals surface area contributed by atoms with Crippen molar-refractivity contribution < 1.29 is 4.39 Å². The molecule has 1 aromatic heterocycles. The Morgan fingerprint density at radius 2 is 0.893 bits per heavy atom. The average molecular weight is 749 g/mol. The standard InChI is InChI=1S/C48H37FN6S/c49-42-38(47-52-43(30-15-5-1-6-16-30)50-44(53-47)31-17-7-2-8-18-31)27-35(34-25-26-37-36-23-13-14-24-40(36)56-41(37)29-34)28-39(42)48-54-45(32-19-9-3-10-20-32)51-46(55-48)33-21-11-4-12-22-33/h1-29,43,45,47-48,52,54H,(H,50,53)(H,51,55). The molecule has 0 saturated heterocycles. The van der Waals surface area contributed by atoms with Crippen LogP contribution in [-0.4, -0.2) is 11.7 Å². The Kier molecular flexibility index (Phi) is 8.92. The molecule has 3 heterocycles. The highest BCUT2D eigenvalue weighted by atomic mass is 32.1. The number of fused-ring (bicyclic) bond motifs is 3. The summed E-state index contributed by atoms with van der Waals surface area (Å²) in [5.74, 6) is 1.06. The fraction of sp³-hybridized carbons (Fsp3) is 0.0833. The summed E-state index contributed by atoms with van der Waals surface area (Å²) in [7, 11) is 0. The average Bonchev–Trinajstić information content (AvgIpc) is 3.65. The van der Waals surface area contributed by atoms with Crippen molar-refractivity contribution in [2.24, 2.45) is 9.98 Å². The lowest BCUT2D eigenvalue weighted by molar-refractivity contribution is 0.378. The Hall–Kier alpha value is -6.45. The normalized spacial score (nSPS) is 19.5. The van der Waals surface area contributed by atoms with E-state index in [0.29, 0.717) is 22.8 Å². The molecule has 2 aliphatic heterocycles. The van der Waals surface area contributed by atoms with Crippen molar-refractivity contribution in [1.29, 1.82) is 0 Å². The topological polar surface area (TPSA) is 72.8 Å². The van der Waals surface area contributed by atoms with E-state index in [2.05, 4.69) is 88.0 Å². The molecule has 272 valence electrons. The van der Waals surface area contributed by atoms with Crippen molar-refractivity contribution in [3.63, 3.8) is 0 Å². The summed E-state index contributed by atoms with van der Waals surface area (Å²) in [6, 6.07) is 59.3. The third-order valence-electron chi connectivity index (χ3n) is 10.5. The van der Waals surface area contributed by atoms with E-state index in [4.69, 9.17) is 9.98 Å². The Bertz CT molecular complexity index is 2600. The first-order chi connectivity index (χ1) is 27.6. The molecule has 2 aliphatic rings. The van der Waals surface area contributed by atoms with Crippen LogP contribution in [0.25, 0.3) is 31.3 Å². The van der Waals surface area contributed by atoms with Crippen LogP contribution in [0.15, 0.2) is 186 Å². The SMILES string of the molecule is Fc1c(C2NC(c3ccccc3)=NC(c3ccccc3)N2)cc(-c2ccc3c(c2)sc2ccccc23)cc1C1NC(c2ccccc2)=NC(c2ccccc2)N1. The van der Waals surface area contributed by atoms with Gasteiger partial charge < -0.3 is 10.6 Å². The molecule has 4 atom stereocenters. The van der Waals surface area contributed by atoms with E-state index >= 15 is 4.39 Å². The number of amidine groups is 2. The summed E-state index contributed by atoms with van der Waals surface area (Å²) in [5, 5.41) is 16.9. The van der Waals surface area contributed by atoms with Gasteiger partial charge in [0.1, 0.15) is 42.2 Å². The largest absolute Gasteiger partial charge is 0.350 e. The Morgan fingerprint density at radius 3 is 1.43 bits per heavy atom. The number of benzene rings is 7. The fourth-order valence-electron chi connectivity index (χ4n) is 7.70. The highest BCUT2D eigenvalue weighted by Crippen LogP contribution is 2.39. The molecular weight excluding hydrogens is 712 g/mol. The van der Waals surface area contributed by atoms with E-state index in [9.17, 15) is 0 Å². The van der Waals surface area contributed by atoms with E-state index in [0.717, 1.165) is 33.4 Å². The monoisotopic (exact) mass is 748 g/mol. The highest BCUT2D eigenvalue weighted by molar-refractivity contribution is 7.25. The highest BCUT2D eigenvalue weighted by Gasteiger charge is 2.33. The second-order valence-electron chi connectivity index (χ2n) is 14.1. The maximum Gasteiger partial charge on any atom is 0.136 e. The van der Waals surface area contributed by atoms with E-state index in [1.54, 1.807) is 11.3 Å². The van der Waals surface area contributed by atoms with E-state index in [-0.39, 0.29) is 5.82 Å². The van der Waals surface area contributed by atoms with Crippen LogP contribution in [0.5, 0.6) is 0 Å². The van der Waals surface area contributed by atoms with Gasteiger partial charge >= 0.3 is 0 Å². The van der Waals surface area contributed by atoms with Gasteiger partial charge in [-0.25, -0.2) is 14.4 Å². The lowest BCUT2D eigenvalue weighted by Crippen LogP contribution is -2.47. The van der Waals surface area contributed by atoms with Gasteiger partial charge in [-0.2, -0.15) is 0 Å². The summed E-state index contributed by atoms with van der Waals surface area (Å²) in [5.41, 5.74) is 6.72. The number of rotatable bonds is 7. The molecule has 0 bridgehead atoms. The van der Waals surface area contributed by atoms with Crippen LogP contribution in [0.1, 0.15) is 58.0 Å². The summed E-state index contributed by atoms with van der Waals surface area (Å²) in [4.78, 5) is 10.2. The first-order valence-electron chi connectivity index (χ1n) is 18.8. The lowest BCUT2D eigenvalue weighted by atomic mass is 9.94. The summed E-state index contributed by atoms with van der Waals surface area (Å²) >= 11 is 1.77. The lowest BCUT2D eigenvalue weighted by Gasteiger charge is -2.35. The molecule has 8 aromatic rings. The van der Waals surface area contributed by atoms with Gasteiger partial charge in [-0.15, -0.1) is 11.3 Å². The van der Waals surface area contributed by atoms with Gasteiger partial charge in [0.05, 0.1) is 0 Å². The number of hydrogen-bond acceptors (Lipinski definition) is 7. The van der Waals surface area contributed by atoms with Crippen molar-refractivity contribution in [1.82, 2.24) is 21.3 Å². The van der Waals surface area contributed by atoms with Gasteiger partial charge in [-0.05, 0) is 46.5 Å². The van der Waals surface area contributed by atoms with Gasteiger partial charge in [0.15, 0.2) is 0 Å². The van der Waals surface area contributed by atoms with Crippen LogP contribution in [-0.2, 0) is 0 Å². The van der Waals surface area contributed by atoms with Crippen LogP contribution >= 0.6 is 11.3 Å². The molecule has 7 aromatic carbocycles. The number of thiophene rings is 1. The molecule has 6 nitrogen and oxygen atoms in total. The van der Waals surface area contributed by atoms with Crippen LogP contribution < -0.4 is 21.3 Å².